The molecule has 0 saturated carbocycles. The third-order valence-electron chi connectivity index (χ3n) is 5.60. The molecule has 0 radical (unpaired) electrons. The maximum absolute atomic E-state index is 14.9. The van der Waals surface area contributed by atoms with E-state index in [1.807, 2.05) is 6.92 Å². The first-order valence-electron chi connectivity index (χ1n) is 10.3. The minimum atomic E-state index is -4.21. The lowest BCUT2D eigenvalue weighted by molar-refractivity contribution is -0.133. The summed E-state index contributed by atoms with van der Waals surface area (Å²) in [4.78, 5) is 16.4. The van der Waals surface area contributed by atoms with Gasteiger partial charge in [0.25, 0.3) is 5.91 Å². The fraction of sp³-hybridized carbons (Fsp3) is 0.217. The lowest BCUT2D eigenvalue weighted by atomic mass is 9.88. The van der Waals surface area contributed by atoms with Crippen molar-refractivity contribution in [2.75, 3.05) is 6.54 Å². The highest BCUT2D eigenvalue weighted by atomic mass is 32.2. The molecule has 1 aromatic heterocycles. The Hall–Kier alpha value is -3.34. The Balaban J connectivity index is 1.70. The van der Waals surface area contributed by atoms with Crippen LogP contribution in [0, 0.1) is 5.82 Å². The van der Waals surface area contributed by atoms with Crippen molar-refractivity contribution in [3.63, 3.8) is 0 Å². The Morgan fingerprint density at radius 1 is 1.15 bits per heavy atom. The molecule has 2 heterocycles. The third-order valence-corrected chi connectivity index (χ3v) is 7.48. The quantitative estimate of drug-likeness (QED) is 0.422. The second-order valence-corrected chi connectivity index (χ2v) is 9.34. The number of halogens is 1. The number of hydroxylamine groups is 1. The number of nitrogens with one attached hydrogen (secondary N) is 1. The van der Waals surface area contributed by atoms with E-state index in [0.717, 1.165) is 9.87 Å². The average Bonchev–Trinajstić information content (AvgIpc) is 2.84. The number of fused-ring (bicyclic) bond motifs is 1. The van der Waals surface area contributed by atoms with Gasteiger partial charge in [-0.1, -0.05) is 13.0 Å². The minimum absolute atomic E-state index is 0.0339. The maximum atomic E-state index is 14.9. The van der Waals surface area contributed by atoms with Gasteiger partial charge in [-0.15, -0.1) is 0 Å². The molecule has 1 aliphatic heterocycles. The van der Waals surface area contributed by atoms with Crippen LogP contribution in [0.4, 0.5) is 4.39 Å². The highest BCUT2D eigenvalue weighted by molar-refractivity contribution is 7.89. The molecule has 3 aromatic rings. The number of aromatic nitrogens is 1. The van der Waals surface area contributed by atoms with E-state index < -0.39 is 27.8 Å². The van der Waals surface area contributed by atoms with E-state index in [2.05, 4.69) is 4.98 Å². The number of benzene rings is 2. The van der Waals surface area contributed by atoms with E-state index in [1.165, 1.54) is 35.8 Å². The molecule has 33 heavy (non-hydrogen) atoms. The number of rotatable bonds is 6. The van der Waals surface area contributed by atoms with E-state index in [0.29, 0.717) is 23.5 Å². The van der Waals surface area contributed by atoms with Gasteiger partial charge in [-0.3, -0.25) is 15.0 Å². The number of carbonyl (C=O) groups is 1. The van der Waals surface area contributed by atoms with Gasteiger partial charge in [0.15, 0.2) is 0 Å². The molecule has 0 aliphatic carbocycles. The van der Waals surface area contributed by atoms with Crippen molar-refractivity contribution < 1.29 is 27.5 Å². The van der Waals surface area contributed by atoms with Gasteiger partial charge in [-0.2, -0.15) is 4.31 Å². The molecule has 1 atom stereocenters. The predicted octanol–water partition coefficient (Wildman–Crippen LogP) is 3.37. The van der Waals surface area contributed by atoms with E-state index in [1.54, 1.807) is 30.6 Å². The van der Waals surface area contributed by atoms with Crippen molar-refractivity contribution in [2.45, 2.75) is 30.7 Å². The van der Waals surface area contributed by atoms with Crippen LogP contribution in [0.2, 0.25) is 0 Å². The molecule has 8 nitrogen and oxygen atoms in total. The van der Waals surface area contributed by atoms with Gasteiger partial charge in [0.2, 0.25) is 10.0 Å². The molecule has 10 heteroatoms. The molecule has 0 bridgehead atoms. The van der Waals surface area contributed by atoms with E-state index in [-0.39, 0.29) is 23.4 Å². The number of pyridine rings is 1. The van der Waals surface area contributed by atoms with Crippen molar-refractivity contribution in [2.24, 2.45) is 0 Å². The lowest BCUT2D eigenvalue weighted by Gasteiger charge is -2.36. The Kier molecular flexibility index (Phi) is 6.41. The normalized spacial score (nSPS) is 16.2. The molecular weight excluding hydrogens is 449 g/mol. The van der Waals surface area contributed by atoms with Crippen LogP contribution < -0.4 is 10.2 Å². The molecule has 1 amide bonds. The van der Waals surface area contributed by atoms with Crippen molar-refractivity contribution in [1.82, 2.24) is 14.8 Å². The molecule has 1 aliphatic rings. The van der Waals surface area contributed by atoms with Gasteiger partial charge in [0, 0.05) is 24.5 Å². The topological polar surface area (TPSA) is 109 Å². The van der Waals surface area contributed by atoms with E-state index in [4.69, 9.17) is 4.74 Å². The fourth-order valence-corrected chi connectivity index (χ4v) is 5.60. The van der Waals surface area contributed by atoms with Gasteiger partial charge in [0.05, 0.1) is 4.90 Å². The second-order valence-electron chi connectivity index (χ2n) is 7.45. The molecule has 2 aromatic carbocycles. The van der Waals surface area contributed by atoms with E-state index >= 15 is 0 Å². The lowest BCUT2D eigenvalue weighted by Crippen LogP contribution is -2.47. The van der Waals surface area contributed by atoms with Crippen molar-refractivity contribution in [3.8, 4) is 11.5 Å². The Bertz CT molecular complexity index is 1270. The zero-order valence-corrected chi connectivity index (χ0v) is 18.5. The van der Waals surface area contributed by atoms with Crippen LogP contribution in [0.15, 0.2) is 65.8 Å². The molecule has 0 spiro atoms. The number of nitrogens with zero attached hydrogens (tertiary/aromatic N) is 2. The predicted molar refractivity (Wildman–Crippen MR) is 117 cm³/mol. The highest BCUT2D eigenvalue weighted by Crippen LogP contribution is 2.38. The largest absolute Gasteiger partial charge is 0.457 e. The smallest absolute Gasteiger partial charge is 0.266 e. The first-order chi connectivity index (χ1) is 15.9. The van der Waals surface area contributed by atoms with Crippen LogP contribution in [0.1, 0.15) is 29.7 Å². The summed E-state index contributed by atoms with van der Waals surface area (Å²) in [7, 11) is -4.21. The van der Waals surface area contributed by atoms with Crippen LogP contribution >= 0.6 is 0 Å². The van der Waals surface area contributed by atoms with Gasteiger partial charge >= 0.3 is 0 Å². The van der Waals surface area contributed by atoms with Gasteiger partial charge in [0.1, 0.15) is 23.4 Å². The summed E-state index contributed by atoms with van der Waals surface area (Å²) < 4.78 is 48.3. The van der Waals surface area contributed by atoms with Crippen LogP contribution in [0.3, 0.4) is 0 Å². The summed E-state index contributed by atoms with van der Waals surface area (Å²) in [6, 6.07) is 10.3. The number of amides is 1. The number of aryl methyl sites for hydroxylation is 1. The Morgan fingerprint density at radius 2 is 1.82 bits per heavy atom. The standard InChI is InChI=1S/C23H22FN3O5S/c1-2-15-3-8-20(24)21-19(15)11-14-27(22(21)23(28)26-29)33(30,31)18-6-4-16(5-7-18)32-17-9-12-25-13-10-17/h3-10,12-13,22,29H,2,11,14H2,1H3,(H,26,28). The van der Waals surface area contributed by atoms with Gasteiger partial charge in [-0.25, -0.2) is 18.3 Å². The first kappa shape index (κ1) is 22.8. The second kappa shape index (κ2) is 9.26. The molecule has 172 valence electrons. The van der Waals surface area contributed by atoms with Crippen LogP contribution in [0.25, 0.3) is 0 Å². The van der Waals surface area contributed by atoms with Crippen molar-refractivity contribution in [1.29, 1.82) is 0 Å². The van der Waals surface area contributed by atoms with Gasteiger partial charge < -0.3 is 4.74 Å². The molecule has 4 rings (SSSR count). The van der Waals surface area contributed by atoms with Crippen molar-refractivity contribution in [3.05, 3.63) is 83.4 Å². The molecule has 2 N–H and O–H groups in total. The maximum Gasteiger partial charge on any atom is 0.266 e. The summed E-state index contributed by atoms with van der Waals surface area (Å²) in [6.45, 7) is 1.85. The molecular formula is C23H22FN3O5S. The van der Waals surface area contributed by atoms with Crippen LogP contribution in [-0.2, 0) is 27.7 Å². The SMILES string of the molecule is CCc1ccc(F)c2c1CCN(S(=O)(=O)c1ccc(Oc3ccncc3)cc1)C2C(=O)NO. The average molecular weight is 472 g/mol. The first-order valence-corrected chi connectivity index (χ1v) is 11.7. The van der Waals surface area contributed by atoms with Gasteiger partial charge in [-0.05, 0) is 66.4 Å². The number of ether oxygens (including phenoxy) is 1. The highest BCUT2D eigenvalue weighted by Gasteiger charge is 2.42. The van der Waals surface area contributed by atoms with Crippen molar-refractivity contribution >= 4 is 15.9 Å². The number of hydrogen-bond donors (Lipinski definition) is 2. The summed E-state index contributed by atoms with van der Waals surface area (Å²) >= 11 is 0. The zero-order chi connectivity index (χ0) is 23.6. The van der Waals surface area contributed by atoms with Crippen LogP contribution in [0.5, 0.6) is 11.5 Å². The Morgan fingerprint density at radius 3 is 2.45 bits per heavy atom. The molecule has 0 fully saturated rings. The fourth-order valence-electron chi connectivity index (χ4n) is 4.04. The monoisotopic (exact) mass is 471 g/mol. The van der Waals surface area contributed by atoms with E-state index in [9.17, 15) is 22.8 Å². The third kappa shape index (κ3) is 4.32. The summed E-state index contributed by atoms with van der Waals surface area (Å²) in [5.41, 5.74) is 2.89. The van der Waals surface area contributed by atoms with Crippen LogP contribution in [-0.4, -0.2) is 35.4 Å². The molecule has 0 saturated heterocycles. The zero-order valence-electron chi connectivity index (χ0n) is 17.7. The Labute approximate surface area is 190 Å². The molecule has 1 unspecified atom stereocenters. The summed E-state index contributed by atoms with van der Waals surface area (Å²) in [6.07, 6.45) is 3.98. The summed E-state index contributed by atoms with van der Waals surface area (Å²) in [5, 5.41) is 9.30. The number of sulfonamides is 1. The number of hydrogen-bond acceptors (Lipinski definition) is 6. The number of carbonyl (C=O) groups excluding carboxylic acids is 1. The summed E-state index contributed by atoms with van der Waals surface area (Å²) in [5.74, 6) is -0.774. The minimum Gasteiger partial charge on any atom is -0.457 e.